The molecule has 0 aromatic heterocycles. The zero-order chi connectivity index (χ0) is 11.5. The van der Waals surface area contributed by atoms with Gasteiger partial charge in [-0.15, -0.1) is 0 Å². The van der Waals surface area contributed by atoms with Gasteiger partial charge in [0.2, 0.25) is 0 Å². The van der Waals surface area contributed by atoms with Crippen LogP contribution >= 0.6 is 0 Å². The molecule has 3 nitrogen and oxygen atoms in total. The molecule has 1 aromatic rings. The van der Waals surface area contributed by atoms with Crippen molar-refractivity contribution in [2.24, 2.45) is 5.73 Å². The third-order valence-electron chi connectivity index (χ3n) is 2.61. The van der Waals surface area contributed by atoms with Gasteiger partial charge in [-0.3, -0.25) is 4.79 Å². The molecule has 0 aliphatic rings. The monoisotopic (exact) mass is 207 g/mol. The Morgan fingerprint density at radius 2 is 2.00 bits per heavy atom. The van der Waals surface area contributed by atoms with Crippen molar-refractivity contribution in [1.82, 2.24) is 0 Å². The van der Waals surface area contributed by atoms with E-state index < -0.39 is 5.41 Å². The standard InChI is InChI=1S/C12H17NO2/c1-12(2,11(14)15-3)10-7-5-4-6-9(10)8-13/h4-7H,8,13H2,1-3H3. The molecule has 1 rings (SSSR count). The highest BCUT2D eigenvalue weighted by molar-refractivity contribution is 5.82. The van der Waals surface area contributed by atoms with Gasteiger partial charge in [0.25, 0.3) is 0 Å². The van der Waals surface area contributed by atoms with E-state index >= 15 is 0 Å². The number of carbonyl (C=O) groups excluding carboxylic acids is 1. The van der Waals surface area contributed by atoms with Gasteiger partial charge in [0, 0.05) is 6.54 Å². The average Bonchev–Trinajstić information content (AvgIpc) is 2.27. The summed E-state index contributed by atoms with van der Waals surface area (Å²) in [5, 5.41) is 0. The molecular weight excluding hydrogens is 190 g/mol. The van der Waals surface area contributed by atoms with E-state index in [4.69, 9.17) is 10.5 Å². The number of ether oxygens (including phenoxy) is 1. The summed E-state index contributed by atoms with van der Waals surface area (Å²) >= 11 is 0. The molecule has 0 amide bonds. The third-order valence-corrected chi connectivity index (χ3v) is 2.61. The van der Waals surface area contributed by atoms with Crippen molar-refractivity contribution in [3.63, 3.8) is 0 Å². The quantitative estimate of drug-likeness (QED) is 0.766. The minimum absolute atomic E-state index is 0.247. The fourth-order valence-electron chi connectivity index (χ4n) is 1.67. The first-order valence-electron chi connectivity index (χ1n) is 4.91. The Balaban J connectivity index is 3.19. The molecule has 0 saturated carbocycles. The Morgan fingerprint density at radius 3 is 2.53 bits per heavy atom. The number of rotatable bonds is 3. The van der Waals surface area contributed by atoms with Crippen LogP contribution in [-0.4, -0.2) is 13.1 Å². The largest absolute Gasteiger partial charge is 0.468 e. The highest BCUT2D eigenvalue weighted by atomic mass is 16.5. The first-order valence-corrected chi connectivity index (χ1v) is 4.91. The first-order chi connectivity index (χ1) is 7.04. The Bertz CT molecular complexity index is 358. The second-order valence-corrected chi connectivity index (χ2v) is 3.98. The zero-order valence-corrected chi connectivity index (χ0v) is 9.41. The molecule has 0 aliphatic carbocycles. The number of esters is 1. The number of carbonyl (C=O) groups is 1. The summed E-state index contributed by atoms with van der Waals surface area (Å²) in [6, 6.07) is 7.66. The van der Waals surface area contributed by atoms with Gasteiger partial charge in [0.1, 0.15) is 0 Å². The molecule has 15 heavy (non-hydrogen) atoms. The maximum absolute atomic E-state index is 11.6. The minimum Gasteiger partial charge on any atom is -0.468 e. The summed E-state index contributed by atoms with van der Waals surface area (Å²) in [6.45, 7) is 4.11. The van der Waals surface area contributed by atoms with E-state index in [1.54, 1.807) is 0 Å². The topological polar surface area (TPSA) is 52.3 Å². The number of methoxy groups -OCH3 is 1. The lowest BCUT2D eigenvalue weighted by Crippen LogP contribution is -2.31. The highest BCUT2D eigenvalue weighted by Gasteiger charge is 2.32. The molecule has 0 heterocycles. The van der Waals surface area contributed by atoms with Crippen molar-refractivity contribution >= 4 is 5.97 Å². The molecule has 82 valence electrons. The van der Waals surface area contributed by atoms with Crippen LogP contribution in [0.5, 0.6) is 0 Å². The van der Waals surface area contributed by atoms with Gasteiger partial charge in [0.05, 0.1) is 12.5 Å². The Kier molecular flexibility index (Phi) is 3.48. The van der Waals surface area contributed by atoms with Gasteiger partial charge >= 0.3 is 5.97 Å². The van der Waals surface area contributed by atoms with Gasteiger partial charge in [-0.05, 0) is 25.0 Å². The molecule has 0 fully saturated rings. The van der Waals surface area contributed by atoms with Crippen LogP contribution in [-0.2, 0) is 21.5 Å². The maximum atomic E-state index is 11.6. The average molecular weight is 207 g/mol. The van der Waals surface area contributed by atoms with Crippen LogP contribution in [0.4, 0.5) is 0 Å². The second-order valence-electron chi connectivity index (χ2n) is 3.98. The summed E-state index contributed by atoms with van der Waals surface area (Å²) < 4.78 is 4.79. The summed E-state index contributed by atoms with van der Waals surface area (Å²) in [5.74, 6) is -0.247. The summed E-state index contributed by atoms with van der Waals surface area (Å²) in [6.07, 6.45) is 0. The predicted octanol–water partition coefficient (Wildman–Crippen LogP) is 1.60. The molecule has 0 radical (unpaired) electrons. The van der Waals surface area contributed by atoms with Gasteiger partial charge in [-0.25, -0.2) is 0 Å². The smallest absolute Gasteiger partial charge is 0.315 e. The lowest BCUT2D eigenvalue weighted by Gasteiger charge is -2.24. The molecule has 0 aliphatic heterocycles. The van der Waals surface area contributed by atoms with Crippen molar-refractivity contribution < 1.29 is 9.53 Å². The van der Waals surface area contributed by atoms with E-state index in [0.29, 0.717) is 6.54 Å². The van der Waals surface area contributed by atoms with Crippen LogP contribution < -0.4 is 5.73 Å². The third kappa shape index (κ3) is 2.18. The van der Waals surface area contributed by atoms with Crippen LogP contribution in [0.1, 0.15) is 25.0 Å². The number of nitrogens with two attached hydrogens (primary N) is 1. The van der Waals surface area contributed by atoms with E-state index in [1.165, 1.54) is 7.11 Å². The van der Waals surface area contributed by atoms with Crippen LogP contribution in [0.25, 0.3) is 0 Å². The zero-order valence-electron chi connectivity index (χ0n) is 9.41. The van der Waals surface area contributed by atoms with Crippen LogP contribution in [0.2, 0.25) is 0 Å². The van der Waals surface area contributed by atoms with Gasteiger partial charge in [-0.2, -0.15) is 0 Å². The van der Waals surface area contributed by atoms with Gasteiger partial charge in [0.15, 0.2) is 0 Å². The van der Waals surface area contributed by atoms with Crippen molar-refractivity contribution in [2.75, 3.05) is 7.11 Å². The molecule has 0 unspecified atom stereocenters. The lowest BCUT2D eigenvalue weighted by atomic mass is 9.82. The molecule has 0 atom stereocenters. The molecule has 0 saturated heterocycles. The first kappa shape index (κ1) is 11.7. The van der Waals surface area contributed by atoms with Gasteiger partial charge < -0.3 is 10.5 Å². The van der Waals surface area contributed by atoms with Gasteiger partial charge in [-0.1, -0.05) is 24.3 Å². The summed E-state index contributed by atoms with van der Waals surface area (Å²) in [5.41, 5.74) is 6.90. The van der Waals surface area contributed by atoms with Crippen LogP contribution in [0.15, 0.2) is 24.3 Å². The van der Waals surface area contributed by atoms with Crippen molar-refractivity contribution in [3.05, 3.63) is 35.4 Å². The predicted molar refractivity (Wildman–Crippen MR) is 59.4 cm³/mol. The normalized spacial score (nSPS) is 11.2. The fraction of sp³-hybridized carbons (Fsp3) is 0.417. The van der Waals surface area contributed by atoms with Crippen molar-refractivity contribution in [3.8, 4) is 0 Å². The second kappa shape index (κ2) is 4.45. The number of hydrogen-bond donors (Lipinski definition) is 1. The fourth-order valence-corrected chi connectivity index (χ4v) is 1.67. The lowest BCUT2D eigenvalue weighted by molar-refractivity contribution is -0.146. The summed E-state index contributed by atoms with van der Waals surface area (Å²) in [4.78, 5) is 11.6. The molecule has 0 spiro atoms. The molecule has 3 heteroatoms. The Morgan fingerprint density at radius 1 is 1.40 bits per heavy atom. The SMILES string of the molecule is COC(=O)C(C)(C)c1ccccc1CN. The van der Waals surface area contributed by atoms with Crippen LogP contribution in [0, 0.1) is 0 Å². The minimum atomic E-state index is -0.648. The molecule has 1 aromatic carbocycles. The van der Waals surface area contributed by atoms with Crippen LogP contribution in [0.3, 0.4) is 0 Å². The van der Waals surface area contributed by atoms with E-state index in [2.05, 4.69) is 0 Å². The Labute approximate surface area is 90.2 Å². The van der Waals surface area contributed by atoms with Crippen molar-refractivity contribution in [1.29, 1.82) is 0 Å². The molecule has 2 N–H and O–H groups in total. The van der Waals surface area contributed by atoms with Crippen molar-refractivity contribution in [2.45, 2.75) is 25.8 Å². The van der Waals surface area contributed by atoms with E-state index in [1.807, 2.05) is 38.1 Å². The van der Waals surface area contributed by atoms with E-state index in [0.717, 1.165) is 11.1 Å². The number of hydrogen-bond acceptors (Lipinski definition) is 3. The maximum Gasteiger partial charge on any atom is 0.315 e. The number of benzene rings is 1. The molecule has 0 bridgehead atoms. The van der Waals surface area contributed by atoms with E-state index in [-0.39, 0.29) is 5.97 Å². The van der Waals surface area contributed by atoms with E-state index in [9.17, 15) is 4.79 Å². The molecular formula is C12H17NO2. The summed E-state index contributed by atoms with van der Waals surface area (Å²) in [7, 11) is 1.40. The highest BCUT2D eigenvalue weighted by Crippen LogP contribution is 2.27. The Hall–Kier alpha value is -1.35.